The highest BCUT2D eigenvalue weighted by Gasteiger charge is 2.19. The molecule has 142 valence electrons. The van der Waals surface area contributed by atoms with E-state index in [2.05, 4.69) is 5.32 Å². The highest BCUT2D eigenvalue weighted by molar-refractivity contribution is 6.11. The fourth-order valence-electron chi connectivity index (χ4n) is 3.16. The minimum atomic E-state index is -0.227. The van der Waals surface area contributed by atoms with Crippen molar-refractivity contribution in [2.45, 2.75) is 6.92 Å². The van der Waals surface area contributed by atoms with Crippen LogP contribution in [0.5, 0.6) is 0 Å². The first-order valence-electron chi connectivity index (χ1n) is 9.29. The lowest BCUT2D eigenvalue weighted by Crippen LogP contribution is -2.07. The summed E-state index contributed by atoms with van der Waals surface area (Å²) in [5, 5.41) is 3.65. The predicted molar refractivity (Wildman–Crippen MR) is 115 cm³/mol. The normalized spacial score (nSPS) is 11.1. The summed E-state index contributed by atoms with van der Waals surface area (Å²) in [6.45, 7) is 1.85. The van der Waals surface area contributed by atoms with E-state index < -0.39 is 0 Å². The van der Waals surface area contributed by atoms with Crippen molar-refractivity contribution < 1.29 is 14.0 Å². The summed E-state index contributed by atoms with van der Waals surface area (Å²) in [5.41, 5.74) is 3.54. The molecule has 1 N–H and O–H groups in total. The largest absolute Gasteiger partial charge is 0.452 e. The Labute approximate surface area is 168 Å². The van der Waals surface area contributed by atoms with Crippen molar-refractivity contribution in [3.05, 3.63) is 107 Å². The number of nitrogens with one attached hydrogen (secondary N) is 1. The number of furan rings is 1. The molecule has 4 heteroatoms. The van der Waals surface area contributed by atoms with Gasteiger partial charge in [-0.3, -0.25) is 9.59 Å². The van der Waals surface area contributed by atoms with E-state index in [0.717, 1.165) is 16.5 Å². The summed E-state index contributed by atoms with van der Waals surface area (Å²) in [6, 6.07) is 24.0. The number of fused-ring (bicyclic) bond motifs is 1. The topological polar surface area (TPSA) is 59.3 Å². The van der Waals surface area contributed by atoms with Gasteiger partial charge in [-0.05, 0) is 36.8 Å². The lowest BCUT2D eigenvalue weighted by atomic mass is 10.0. The number of hydrogen-bond acceptors (Lipinski definition) is 3. The first kappa shape index (κ1) is 18.4. The number of carbonyl (C=O) groups excluding carboxylic acids is 2. The number of aryl methyl sites for hydroxylation is 1. The lowest BCUT2D eigenvalue weighted by Gasteiger charge is -2.02. The summed E-state index contributed by atoms with van der Waals surface area (Å²) in [7, 11) is 0. The summed E-state index contributed by atoms with van der Waals surface area (Å²) in [5.74, 6) is -0.0655. The number of amides is 1. The van der Waals surface area contributed by atoms with E-state index >= 15 is 0 Å². The maximum atomic E-state index is 12.7. The van der Waals surface area contributed by atoms with Gasteiger partial charge in [0, 0.05) is 28.3 Å². The zero-order chi connectivity index (χ0) is 20.2. The Kier molecular flexibility index (Phi) is 5.08. The van der Waals surface area contributed by atoms with E-state index in [1.165, 1.54) is 6.08 Å². The van der Waals surface area contributed by atoms with Gasteiger partial charge < -0.3 is 9.73 Å². The van der Waals surface area contributed by atoms with Crippen LogP contribution in [0.4, 0.5) is 5.69 Å². The third-order valence-corrected chi connectivity index (χ3v) is 4.67. The maximum Gasteiger partial charge on any atom is 0.248 e. The second-order valence-electron chi connectivity index (χ2n) is 6.70. The minimum absolute atomic E-state index is 0.157. The molecule has 1 aromatic heterocycles. The van der Waals surface area contributed by atoms with Crippen LogP contribution in [0, 0.1) is 6.92 Å². The van der Waals surface area contributed by atoms with E-state index in [0.29, 0.717) is 22.6 Å². The number of benzene rings is 3. The number of carbonyl (C=O) groups is 2. The van der Waals surface area contributed by atoms with Crippen LogP contribution in [-0.4, -0.2) is 11.7 Å². The van der Waals surface area contributed by atoms with E-state index in [1.54, 1.807) is 30.3 Å². The van der Waals surface area contributed by atoms with E-state index in [-0.39, 0.29) is 11.7 Å². The van der Waals surface area contributed by atoms with Gasteiger partial charge in [-0.2, -0.15) is 0 Å². The predicted octanol–water partition coefficient (Wildman–Crippen LogP) is 5.62. The van der Waals surface area contributed by atoms with Gasteiger partial charge >= 0.3 is 0 Å². The van der Waals surface area contributed by atoms with Crippen molar-refractivity contribution in [3.63, 3.8) is 0 Å². The Bertz CT molecular complexity index is 1210. The molecule has 4 nitrogen and oxygen atoms in total. The van der Waals surface area contributed by atoms with Gasteiger partial charge in [-0.15, -0.1) is 0 Å². The van der Waals surface area contributed by atoms with Gasteiger partial charge in [-0.25, -0.2) is 0 Å². The molecule has 1 heterocycles. The fourth-order valence-corrected chi connectivity index (χ4v) is 3.16. The molecule has 0 aliphatic rings. The molecule has 29 heavy (non-hydrogen) atoms. The van der Waals surface area contributed by atoms with Crippen LogP contribution >= 0.6 is 0 Å². The molecule has 0 saturated heterocycles. The van der Waals surface area contributed by atoms with Crippen LogP contribution in [0.3, 0.4) is 0 Å². The molecule has 0 spiro atoms. The van der Waals surface area contributed by atoms with Crippen molar-refractivity contribution in [1.82, 2.24) is 0 Å². The summed E-state index contributed by atoms with van der Waals surface area (Å²) in [4.78, 5) is 25.0. The number of rotatable bonds is 5. The van der Waals surface area contributed by atoms with E-state index in [4.69, 9.17) is 4.42 Å². The molecule has 3 aromatic carbocycles. The second-order valence-corrected chi connectivity index (χ2v) is 6.70. The molecule has 4 aromatic rings. The SMILES string of the molecule is Cc1c(C(=O)c2ccccc2)oc2ccc(NC(=O)C=Cc3ccccc3)cc12. The highest BCUT2D eigenvalue weighted by Crippen LogP contribution is 2.29. The maximum absolute atomic E-state index is 12.7. The quantitative estimate of drug-likeness (QED) is 0.360. The molecular formula is C25H19NO3. The van der Waals surface area contributed by atoms with Crippen LogP contribution < -0.4 is 5.32 Å². The van der Waals surface area contributed by atoms with Crippen LogP contribution in [0.2, 0.25) is 0 Å². The first-order valence-corrected chi connectivity index (χ1v) is 9.29. The molecule has 1 amide bonds. The Morgan fingerprint density at radius 2 is 1.59 bits per heavy atom. The van der Waals surface area contributed by atoms with E-state index in [9.17, 15) is 9.59 Å². The Hall–Kier alpha value is -3.92. The van der Waals surface area contributed by atoms with Crippen LogP contribution in [0.15, 0.2) is 89.4 Å². The monoisotopic (exact) mass is 381 g/mol. The van der Waals surface area contributed by atoms with Gasteiger partial charge in [0.15, 0.2) is 5.76 Å². The Morgan fingerprint density at radius 1 is 0.897 bits per heavy atom. The summed E-state index contributed by atoms with van der Waals surface area (Å²) >= 11 is 0. The average molecular weight is 381 g/mol. The zero-order valence-corrected chi connectivity index (χ0v) is 15.9. The average Bonchev–Trinajstić information content (AvgIpc) is 3.09. The molecule has 4 rings (SSSR count). The molecule has 0 atom stereocenters. The molecular weight excluding hydrogens is 362 g/mol. The molecule has 0 aliphatic carbocycles. The van der Waals surface area contributed by atoms with Gasteiger partial charge in [0.25, 0.3) is 0 Å². The fraction of sp³-hybridized carbons (Fsp3) is 0.0400. The highest BCUT2D eigenvalue weighted by atomic mass is 16.3. The van der Waals surface area contributed by atoms with Crippen molar-refractivity contribution in [2.24, 2.45) is 0 Å². The summed E-state index contributed by atoms with van der Waals surface area (Å²) in [6.07, 6.45) is 3.25. The van der Waals surface area contributed by atoms with Crippen LogP contribution in [0.1, 0.15) is 27.2 Å². The Balaban J connectivity index is 1.56. The van der Waals surface area contributed by atoms with Crippen molar-refractivity contribution >= 4 is 34.4 Å². The van der Waals surface area contributed by atoms with Gasteiger partial charge in [0.2, 0.25) is 11.7 Å². The van der Waals surface area contributed by atoms with Crippen molar-refractivity contribution in [2.75, 3.05) is 5.32 Å². The van der Waals surface area contributed by atoms with Crippen molar-refractivity contribution in [1.29, 1.82) is 0 Å². The second kappa shape index (κ2) is 7.98. The lowest BCUT2D eigenvalue weighted by molar-refractivity contribution is -0.111. The number of anilines is 1. The van der Waals surface area contributed by atoms with Crippen molar-refractivity contribution in [3.8, 4) is 0 Å². The molecule has 0 aliphatic heterocycles. The van der Waals surface area contributed by atoms with E-state index in [1.807, 2.05) is 61.5 Å². The molecule has 0 bridgehead atoms. The number of ketones is 1. The zero-order valence-electron chi connectivity index (χ0n) is 15.9. The molecule has 0 radical (unpaired) electrons. The smallest absolute Gasteiger partial charge is 0.248 e. The first-order chi connectivity index (χ1) is 14.1. The van der Waals surface area contributed by atoms with Gasteiger partial charge in [0.05, 0.1) is 0 Å². The standard InChI is InChI=1S/C25H19NO3/c1-17-21-16-20(26-23(27)15-12-18-8-4-2-5-9-18)13-14-22(21)29-25(17)24(28)19-10-6-3-7-11-19/h2-16H,1H3,(H,26,27). The minimum Gasteiger partial charge on any atom is -0.452 e. The molecule has 0 fully saturated rings. The van der Waals surface area contributed by atoms with Crippen LogP contribution in [-0.2, 0) is 4.79 Å². The molecule has 0 unspecified atom stereocenters. The third kappa shape index (κ3) is 4.01. The summed E-state index contributed by atoms with van der Waals surface area (Å²) < 4.78 is 5.80. The number of hydrogen-bond donors (Lipinski definition) is 1. The van der Waals surface area contributed by atoms with Gasteiger partial charge in [0.1, 0.15) is 5.58 Å². The third-order valence-electron chi connectivity index (χ3n) is 4.67. The molecule has 0 saturated carbocycles. The van der Waals surface area contributed by atoms with Gasteiger partial charge in [-0.1, -0.05) is 60.7 Å². The van der Waals surface area contributed by atoms with Crippen LogP contribution in [0.25, 0.3) is 17.0 Å². The Morgan fingerprint density at radius 3 is 2.31 bits per heavy atom.